The highest BCUT2D eigenvalue weighted by molar-refractivity contribution is 5.92. The molecule has 5 heteroatoms. The first kappa shape index (κ1) is 10.5. The lowest BCUT2D eigenvalue weighted by Crippen LogP contribution is -2.26. The highest BCUT2D eigenvalue weighted by Gasteiger charge is 1.88. The Balaban J connectivity index is 3.85. The summed E-state index contributed by atoms with van der Waals surface area (Å²) in [5, 5.41) is 0. The Morgan fingerprint density at radius 2 is 1.92 bits per heavy atom. The molecule has 0 radical (unpaired) electrons. The fourth-order valence-corrected chi connectivity index (χ4v) is 0.529. The summed E-state index contributed by atoms with van der Waals surface area (Å²) in [6.45, 7) is 6.21. The first-order chi connectivity index (χ1) is 5.52. The van der Waals surface area contributed by atoms with Crippen molar-refractivity contribution in [3.63, 3.8) is 0 Å². The zero-order valence-corrected chi connectivity index (χ0v) is 7.25. The molecule has 0 amide bonds. The zero-order chi connectivity index (χ0) is 9.56. The largest absolute Gasteiger partial charge is 0.370 e. The van der Waals surface area contributed by atoms with Gasteiger partial charge in [0.05, 0.1) is 0 Å². The molecule has 0 fully saturated rings. The summed E-state index contributed by atoms with van der Waals surface area (Å²) >= 11 is 0. The lowest BCUT2D eigenvalue weighted by atomic mass is 10.2. The van der Waals surface area contributed by atoms with Crippen molar-refractivity contribution in [2.75, 3.05) is 6.54 Å². The summed E-state index contributed by atoms with van der Waals surface area (Å²) in [5.74, 6) is 0.0304. The van der Waals surface area contributed by atoms with Crippen molar-refractivity contribution in [1.82, 2.24) is 0 Å². The number of nitrogens with two attached hydrogens (primary N) is 3. The molecule has 0 heterocycles. The third-order valence-electron chi connectivity index (χ3n) is 1.06. The molecule has 6 N–H and O–H groups in total. The van der Waals surface area contributed by atoms with Crippen LogP contribution in [0.25, 0.3) is 0 Å². The quantitative estimate of drug-likeness (QED) is 0.302. The van der Waals surface area contributed by atoms with Crippen molar-refractivity contribution in [3.05, 3.63) is 12.2 Å². The van der Waals surface area contributed by atoms with Gasteiger partial charge >= 0.3 is 0 Å². The summed E-state index contributed by atoms with van der Waals surface area (Å²) in [4.78, 5) is 7.44. The van der Waals surface area contributed by atoms with E-state index in [0.717, 1.165) is 12.0 Å². The molecule has 0 bridgehead atoms. The Morgan fingerprint density at radius 1 is 1.33 bits per heavy atom. The molecular weight excluding hydrogens is 154 g/mol. The van der Waals surface area contributed by atoms with E-state index in [1.807, 2.05) is 6.92 Å². The van der Waals surface area contributed by atoms with E-state index < -0.39 is 0 Å². The van der Waals surface area contributed by atoms with E-state index in [9.17, 15) is 0 Å². The van der Waals surface area contributed by atoms with Crippen molar-refractivity contribution in [1.29, 1.82) is 0 Å². The number of hydrogen-bond acceptors (Lipinski definition) is 1. The SMILES string of the molecule is C=C(C)CCN=C(N)N=C(N)N. The Hall–Kier alpha value is -1.52. The fourth-order valence-electron chi connectivity index (χ4n) is 0.529. The predicted octanol–water partition coefficient (Wildman–Crippen LogP) is -0.459. The maximum Gasteiger partial charge on any atom is 0.218 e. The van der Waals surface area contributed by atoms with Crippen molar-refractivity contribution in [3.8, 4) is 0 Å². The van der Waals surface area contributed by atoms with Gasteiger partial charge in [-0.1, -0.05) is 5.57 Å². The lowest BCUT2D eigenvalue weighted by Gasteiger charge is -1.95. The third-order valence-corrected chi connectivity index (χ3v) is 1.06. The van der Waals surface area contributed by atoms with Crippen LogP contribution in [0.3, 0.4) is 0 Å². The average Bonchev–Trinajstić information content (AvgIpc) is 1.84. The molecule has 0 atom stereocenters. The summed E-state index contributed by atoms with van der Waals surface area (Å²) < 4.78 is 0. The van der Waals surface area contributed by atoms with Gasteiger partial charge in [0.15, 0.2) is 5.96 Å². The van der Waals surface area contributed by atoms with Gasteiger partial charge in [0, 0.05) is 6.54 Å². The fraction of sp³-hybridized carbons (Fsp3) is 0.429. The molecule has 0 aromatic carbocycles. The van der Waals surface area contributed by atoms with Crippen LogP contribution in [0, 0.1) is 0 Å². The Labute approximate surface area is 72.0 Å². The molecule has 0 saturated heterocycles. The number of rotatable bonds is 3. The van der Waals surface area contributed by atoms with Crippen LogP contribution in [0.5, 0.6) is 0 Å². The van der Waals surface area contributed by atoms with E-state index in [1.54, 1.807) is 0 Å². The van der Waals surface area contributed by atoms with Gasteiger partial charge in [-0.05, 0) is 13.3 Å². The molecule has 0 aliphatic carbocycles. The minimum absolute atomic E-state index is 0.0772. The number of guanidine groups is 2. The molecular formula is C7H15N5. The van der Waals surface area contributed by atoms with Gasteiger partial charge in [-0.3, -0.25) is 4.99 Å². The second kappa shape index (κ2) is 5.17. The van der Waals surface area contributed by atoms with E-state index in [-0.39, 0.29) is 11.9 Å². The second-order valence-electron chi connectivity index (χ2n) is 2.48. The van der Waals surface area contributed by atoms with Crippen LogP contribution in [0.15, 0.2) is 22.1 Å². The molecule has 0 saturated carbocycles. The Kier molecular flexibility index (Phi) is 4.52. The molecule has 0 aromatic heterocycles. The summed E-state index contributed by atoms with van der Waals surface area (Å²) in [6, 6.07) is 0. The molecule has 12 heavy (non-hydrogen) atoms. The first-order valence-electron chi connectivity index (χ1n) is 3.56. The summed E-state index contributed by atoms with van der Waals surface area (Å²) in [7, 11) is 0. The molecule has 5 nitrogen and oxygen atoms in total. The number of hydrogen-bond donors (Lipinski definition) is 3. The van der Waals surface area contributed by atoms with Crippen molar-refractivity contribution in [2.45, 2.75) is 13.3 Å². The Bertz CT molecular complexity index is 212. The van der Waals surface area contributed by atoms with Gasteiger partial charge in [0.25, 0.3) is 0 Å². The van der Waals surface area contributed by atoms with Gasteiger partial charge in [-0.15, -0.1) is 6.58 Å². The van der Waals surface area contributed by atoms with Crippen LogP contribution in [-0.4, -0.2) is 18.5 Å². The zero-order valence-electron chi connectivity index (χ0n) is 7.25. The topological polar surface area (TPSA) is 103 Å². The number of nitrogens with zero attached hydrogens (tertiary/aromatic N) is 2. The molecule has 0 aromatic rings. The number of aliphatic imine (C=N–C) groups is 2. The van der Waals surface area contributed by atoms with E-state index in [2.05, 4.69) is 16.6 Å². The van der Waals surface area contributed by atoms with Crippen LogP contribution in [0.2, 0.25) is 0 Å². The van der Waals surface area contributed by atoms with E-state index >= 15 is 0 Å². The van der Waals surface area contributed by atoms with Crippen molar-refractivity contribution < 1.29 is 0 Å². The smallest absolute Gasteiger partial charge is 0.218 e. The maximum absolute atomic E-state index is 5.33. The highest BCUT2D eigenvalue weighted by Crippen LogP contribution is 1.94. The monoisotopic (exact) mass is 169 g/mol. The van der Waals surface area contributed by atoms with Crippen LogP contribution < -0.4 is 17.2 Å². The van der Waals surface area contributed by atoms with E-state index in [4.69, 9.17) is 17.2 Å². The standard InChI is InChI=1S/C7H15N5/c1-5(2)3-4-11-7(10)12-6(8)9/h1,3-4H2,2H3,(H6,8,9,10,11,12). The maximum atomic E-state index is 5.33. The van der Waals surface area contributed by atoms with Gasteiger partial charge in [0.1, 0.15) is 0 Å². The normalized spacial score (nSPS) is 10.9. The summed E-state index contributed by atoms with van der Waals surface area (Å²) in [6.07, 6.45) is 0.792. The van der Waals surface area contributed by atoms with Gasteiger partial charge in [-0.2, -0.15) is 4.99 Å². The van der Waals surface area contributed by atoms with Gasteiger partial charge in [-0.25, -0.2) is 0 Å². The second-order valence-corrected chi connectivity index (χ2v) is 2.48. The Morgan fingerprint density at radius 3 is 2.33 bits per heavy atom. The molecule has 0 unspecified atom stereocenters. The summed E-state index contributed by atoms with van der Waals surface area (Å²) in [5.41, 5.74) is 16.5. The van der Waals surface area contributed by atoms with Gasteiger partial charge in [0.2, 0.25) is 5.96 Å². The third kappa shape index (κ3) is 6.60. The highest BCUT2D eigenvalue weighted by atomic mass is 15.1. The van der Waals surface area contributed by atoms with E-state index in [1.165, 1.54) is 0 Å². The van der Waals surface area contributed by atoms with Gasteiger partial charge < -0.3 is 17.2 Å². The minimum Gasteiger partial charge on any atom is -0.370 e. The van der Waals surface area contributed by atoms with Crippen LogP contribution >= 0.6 is 0 Å². The minimum atomic E-state index is -0.0772. The molecule has 0 aliphatic heterocycles. The van der Waals surface area contributed by atoms with Crippen molar-refractivity contribution >= 4 is 11.9 Å². The average molecular weight is 169 g/mol. The molecule has 0 aliphatic rings. The van der Waals surface area contributed by atoms with Crippen LogP contribution in [-0.2, 0) is 0 Å². The van der Waals surface area contributed by atoms with Crippen molar-refractivity contribution in [2.24, 2.45) is 27.2 Å². The van der Waals surface area contributed by atoms with E-state index in [0.29, 0.717) is 6.54 Å². The molecule has 0 rings (SSSR count). The lowest BCUT2D eigenvalue weighted by molar-refractivity contribution is 0.949. The predicted molar refractivity (Wildman–Crippen MR) is 51.7 cm³/mol. The molecule has 0 spiro atoms. The van der Waals surface area contributed by atoms with Crippen LogP contribution in [0.4, 0.5) is 0 Å². The van der Waals surface area contributed by atoms with Crippen LogP contribution in [0.1, 0.15) is 13.3 Å². The molecule has 68 valence electrons. The first-order valence-corrected chi connectivity index (χ1v) is 3.56.